The third-order valence-corrected chi connectivity index (χ3v) is 5.71. The Balaban J connectivity index is 1.39. The zero-order valence-corrected chi connectivity index (χ0v) is 16.0. The summed E-state index contributed by atoms with van der Waals surface area (Å²) in [5, 5.41) is 2.15. The van der Waals surface area contributed by atoms with Gasteiger partial charge in [0.1, 0.15) is 11.3 Å². The minimum Gasteiger partial charge on any atom is -0.331 e. The number of benzene rings is 1. The Morgan fingerprint density at radius 2 is 2.15 bits per heavy atom. The summed E-state index contributed by atoms with van der Waals surface area (Å²) in [6, 6.07) is 4.69. The van der Waals surface area contributed by atoms with Crippen LogP contribution in [0.2, 0.25) is 0 Å². The molecule has 138 valence electrons. The quantitative estimate of drug-likeness (QED) is 0.910. The van der Waals surface area contributed by atoms with E-state index in [1.54, 1.807) is 0 Å². The summed E-state index contributed by atoms with van der Waals surface area (Å²) in [5.41, 5.74) is 11.5. The van der Waals surface area contributed by atoms with Gasteiger partial charge < -0.3 is 4.57 Å². The fourth-order valence-electron chi connectivity index (χ4n) is 4.14. The third-order valence-electron chi connectivity index (χ3n) is 5.71. The lowest BCUT2D eigenvalue weighted by molar-refractivity contribution is 0.317. The molecule has 4 heterocycles. The van der Waals surface area contributed by atoms with Gasteiger partial charge in [0.25, 0.3) is 0 Å². The number of hydrazine groups is 1. The number of fused-ring (bicyclic) bond motifs is 4. The van der Waals surface area contributed by atoms with Gasteiger partial charge in [0.15, 0.2) is 0 Å². The van der Waals surface area contributed by atoms with Gasteiger partial charge in [0.05, 0.1) is 28.3 Å². The van der Waals surface area contributed by atoms with Crippen molar-refractivity contribution in [1.82, 2.24) is 20.0 Å². The molecule has 3 aliphatic rings. The molecule has 3 aliphatic heterocycles. The molecule has 1 atom stereocenters. The van der Waals surface area contributed by atoms with E-state index in [1.807, 2.05) is 12.4 Å². The summed E-state index contributed by atoms with van der Waals surface area (Å²) in [7, 11) is 2.11. The Kier molecular flexibility index (Phi) is 3.75. The van der Waals surface area contributed by atoms with E-state index in [0.29, 0.717) is 6.04 Å². The summed E-state index contributed by atoms with van der Waals surface area (Å²) in [6.45, 7) is 4.13. The smallest absolute Gasteiger partial charge is 0.115 e. The van der Waals surface area contributed by atoms with Gasteiger partial charge in [-0.1, -0.05) is 6.07 Å². The first-order valence-electron chi connectivity index (χ1n) is 9.61. The van der Waals surface area contributed by atoms with Crippen molar-refractivity contribution in [3.8, 4) is 0 Å². The monoisotopic (exact) mass is 360 g/mol. The molecule has 0 fully saturated rings. The summed E-state index contributed by atoms with van der Waals surface area (Å²) in [5.74, 6) is 1.11. The lowest BCUT2D eigenvalue weighted by Gasteiger charge is -2.26. The van der Waals surface area contributed by atoms with Gasteiger partial charge in [-0.3, -0.25) is 15.0 Å². The van der Waals surface area contributed by atoms with Gasteiger partial charge in [0.2, 0.25) is 0 Å². The topological polar surface area (TPSA) is 57.8 Å². The van der Waals surface area contributed by atoms with Crippen molar-refractivity contribution in [2.45, 2.75) is 45.6 Å². The fraction of sp³-hybridized carbons (Fsp3) is 0.381. The second-order valence-corrected chi connectivity index (χ2v) is 7.52. The standard InChI is InChI=1S/C21H24N6/c1-13-12-23-14(2)18-11-16(25-27(13)18)7-9-19-24-21-17(26(19)3)8-6-15-5-4-10-22-20(15)21/h6,8,10-12,16,25H,4-5,7,9H2,1-3H3. The molecule has 0 amide bonds. The minimum absolute atomic E-state index is 0.290. The molecule has 0 saturated heterocycles. The number of aromatic nitrogens is 2. The van der Waals surface area contributed by atoms with Crippen LogP contribution in [0.15, 0.2) is 45.8 Å². The molecule has 1 aromatic heterocycles. The van der Waals surface area contributed by atoms with Crippen molar-refractivity contribution in [2.75, 3.05) is 0 Å². The normalized spacial score (nSPS) is 21.1. The van der Waals surface area contributed by atoms with Crippen molar-refractivity contribution >= 4 is 28.6 Å². The first-order valence-corrected chi connectivity index (χ1v) is 9.61. The van der Waals surface area contributed by atoms with Crippen molar-refractivity contribution in [1.29, 1.82) is 0 Å². The van der Waals surface area contributed by atoms with E-state index in [-0.39, 0.29) is 0 Å². The number of allylic oxidation sites excluding steroid dienone is 2. The van der Waals surface area contributed by atoms with Crippen LogP contribution in [0, 0.1) is 0 Å². The number of rotatable bonds is 3. The first kappa shape index (κ1) is 16.4. The van der Waals surface area contributed by atoms with Gasteiger partial charge in [-0.05, 0) is 50.8 Å². The van der Waals surface area contributed by atoms with Crippen LogP contribution in [-0.4, -0.2) is 32.5 Å². The van der Waals surface area contributed by atoms with E-state index in [4.69, 9.17) is 4.98 Å². The molecular formula is C21H24N6. The number of hydrogen-bond acceptors (Lipinski definition) is 5. The van der Waals surface area contributed by atoms with Crippen LogP contribution in [0.3, 0.4) is 0 Å². The number of nitrogens with zero attached hydrogens (tertiary/aromatic N) is 5. The predicted octanol–water partition coefficient (Wildman–Crippen LogP) is 3.56. The zero-order valence-electron chi connectivity index (χ0n) is 16.0. The van der Waals surface area contributed by atoms with Crippen molar-refractivity contribution in [2.24, 2.45) is 17.0 Å². The van der Waals surface area contributed by atoms with E-state index in [2.05, 4.69) is 64.1 Å². The van der Waals surface area contributed by atoms with Crippen LogP contribution >= 0.6 is 0 Å². The maximum Gasteiger partial charge on any atom is 0.115 e. The fourth-order valence-corrected chi connectivity index (χ4v) is 4.14. The molecule has 1 aromatic carbocycles. The van der Waals surface area contributed by atoms with Crippen molar-refractivity contribution in [3.05, 3.63) is 47.2 Å². The molecule has 0 spiro atoms. The van der Waals surface area contributed by atoms with Crippen LogP contribution in [-0.2, 0) is 19.9 Å². The van der Waals surface area contributed by atoms with Crippen LogP contribution in [0.1, 0.15) is 38.1 Å². The maximum atomic E-state index is 4.96. The number of aryl methyl sites for hydroxylation is 3. The highest BCUT2D eigenvalue weighted by atomic mass is 15.5. The lowest BCUT2D eigenvalue weighted by atomic mass is 10.0. The molecule has 6 heteroatoms. The van der Waals surface area contributed by atoms with Gasteiger partial charge >= 0.3 is 0 Å². The number of hydrogen-bond donors (Lipinski definition) is 1. The van der Waals surface area contributed by atoms with Crippen LogP contribution in [0.4, 0.5) is 5.69 Å². The SMILES string of the molecule is CC1=CN=C(C)C2=CC(CCc3nc4c5c(ccc4n3C)CCC=N5)NN12. The van der Waals surface area contributed by atoms with Gasteiger partial charge in [-0.25, -0.2) is 10.4 Å². The number of nitrogens with one attached hydrogen (secondary N) is 1. The molecule has 2 aromatic rings. The molecule has 6 nitrogen and oxygen atoms in total. The maximum absolute atomic E-state index is 4.96. The highest BCUT2D eigenvalue weighted by Gasteiger charge is 2.27. The highest BCUT2D eigenvalue weighted by Crippen LogP contribution is 2.33. The molecule has 0 saturated carbocycles. The minimum atomic E-state index is 0.290. The average Bonchev–Trinajstić information content (AvgIpc) is 3.26. The van der Waals surface area contributed by atoms with E-state index in [1.165, 1.54) is 16.8 Å². The Morgan fingerprint density at radius 1 is 1.26 bits per heavy atom. The molecule has 0 bridgehead atoms. The van der Waals surface area contributed by atoms with Crippen molar-refractivity contribution in [3.63, 3.8) is 0 Å². The van der Waals surface area contributed by atoms with E-state index in [9.17, 15) is 0 Å². The summed E-state index contributed by atoms with van der Waals surface area (Å²) < 4.78 is 2.22. The van der Waals surface area contributed by atoms with E-state index >= 15 is 0 Å². The van der Waals surface area contributed by atoms with E-state index in [0.717, 1.165) is 54.1 Å². The second-order valence-electron chi connectivity index (χ2n) is 7.52. The van der Waals surface area contributed by atoms with Crippen LogP contribution < -0.4 is 5.43 Å². The predicted molar refractivity (Wildman–Crippen MR) is 109 cm³/mol. The first-order chi connectivity index (χ1) is 13.1. The Morgan fingerprint density at radius 3 is 3.00 bits per heavy atom. The molecule has 1 N–H and O–H groups in total. The molecule has 5 rings (SSSR count). The molecule has 0 radical (unpaired) electrons. The second kappa shape index (κ2) is 6.16. The number of aliphatic imine (C=N–C) groups is 2. The molecule has 0 aliphatic carbocycles. The van der Waals surface area contributed by atoms with Gasteiger partial charge in [-0.2, -0.15) is 0 Å². The number of imidazole rings is 1. The zero-order chi connectivity index (χ0) is 18.5. The molecule has 27 heavy (non-hydrogen) atoms. The molecule has 1 unspecified atom stereocenters. The average molecular weight is 360 g/mol. The van der Waals surface area contributed by atoms with Crippen molar-refractivity contribution < 1.29 is 0 Å². The Bertz CT molecular complexity index is 1050. The summed E-state index contributed by atoms with van der Waals surface area (Å²) in [4.78, 5) is 14.1. The third kappa shape index (κ3) is 2.63. The summed E-state index contributed by atoms with van der Waals surface area (Å²) in [6.07, 6.45) is 10.2. The van der Waals surface area contributed by atoms with E-state index < -0.39 is 0 Å². The van der Waals surface area contributed by atoms with Gasteiger partial charge in [-0.15, -0.1) is 0 Å². The summed E-state index contributed by atoms with van der Waals surface area (Å²) >= 11 is 0. The molecular weight excluding hydrogens is 336 g/mol. The van der Waals surface area contributed by atoms with Gasteiger partial charge in [0, 0.05) is 31.9 Å². The van der Waals surface area contributed by atoms with Crippen LogP contribution in [0.5, 0.6) is 0 Å². The lowest BCUT2D eigenvalue weighted by Crippen LogP contribution is -2.38. The Hall–Kier alpha value is -2.73. The Labute approximate surface area is 159 Å². The largest absolute Gasteiger partial charge is 0.331 e. The van der Waals surface area contributed by atoms with Crippen LogP contribution in [0.25, 0.3) is 11.0 Å². The highest BCUT2D eigenvalue weighted by molar-refractivity contribution is 5.99.